The molecule has 1 aromatic heterocycles. The lowest BCUT2D eigenvalue weighted by atomic mass is 10.0. The van der Waals surface area contributed by atoms with E-state index in [-0.39, 0.29) is 23.3 Å². The van der Waals surface area contributed by atoms with Crippen LogP contribution in [0.5, 0.6) is 0 Å². The van der Waals surface area contributed by atoms with E-state index in [0.29, 0.717) is 31.8 Å². The average molecular weight is 337 g/mol. The SMILES string of the molecule is CC(C)Cc1ncc2c(n1)CN(C(=O)C1CCS(=O)(=O)CC1)C2. The van der Waals surface area contributed by atoms with Gasteiger partial charge in [-0.1, -0.05) is 13.8 Å². The Bertz CT molecular complexity index is 701. The molecule has 0 atom stereocenters. The van der Waals surface area contributed by atoms with E-state index in [1.807, 2.05) is 6.20 Å². The number of sulfone groups is 1. The number of carbonyl (C=O) groups is 1. The first-order chi connectivity index (χ1) is 10.8. The fourth-order valence-electron chi connectivity index (χ4n) is 3.21. The summed E-state index contributed by atoms with van der Waals surface area (Å²) in [5, 5.41) is 0. The smallest absolute Gasteiger partial charge is 0.226 e. The lowest BCUT2D eigenvalue weighted by Gasteiger charge is -2.25. The Labute approximate surface area is 137 Å². The predicted octanol–water partition coefficient (Wildman–Crippen LogP) is 1.34. The van der Waals surface area contributed by atoms with Gasteiger partial charge in [0.1, 0.15) is 15.7 Å². The number of aromatic nitrogens is 2. The van der Waals surface area contributed by atoms with Crippen LogP contribution in [0.1, 0.15) is 43.8 Å². The summed E-state index contributed by atoms with van der Waals surface area (Å²) in [6, 6.07) is 0. The molecule has 0 aromatic carbocycles. The molecule has 2 aliphatic heterocycles. The van der Waals surface area contributed by atoms with E-state index in [1.54, 1.807) is 4.90 Å². The minimum absolute atomic E-state index is 0.0586. The zero-order chi connectivity index (χ0) is 16.6. The number of carbonyl (C=O) groups excluding carboxylic acids is 1. The van der Waals surface area contributed by atoms with Crippen molar-refractivity contribution in [2.75, 3.05) is 11.5 Å². The number of fused-ring (bicyclic) bond motifs is 1. The van der Waals surface area contributed by atoms with E-state index in [0.717, 1.165) is 23.5 Å². The van der Waals surface area contributed by atoms with Gasteiger partial charge in [0.15, 0.2) is 0 Å². The van der Waals surface area contributed by atoms with Gasteiger partial charge in [-0.05, 0) is 18.8 Å². The maximum atomic E-state index is 12.6. The fraction of sp³-hybridized carbons (Fsp3) is 0.688. The first-order valence-electron chi connectivity index (χ1n) is 8.17. The molecule has 0 N–H and O–H groups in total. The Balaban J connectivity index is 1.66. The maximum absolute atomic E-state index is 12.6. The van der Waals surface area contributed by atoms with E-state index in [2.05, 4.69) is 23.8 Å². The molecule has 0 spiro atoms. The summed E-state index contributed by atoms with van der Waals surface area (Å²) in [5.41, 5.74) is 1.95. The topological polar surface area (TPSA) is 80.2 Å². The lowest BCUT2D eigenvalue weighted by Crippen LogP contribution is -2.36. The molecule has 1 aromatic rings. The normalized spacial score (nSPS) is 20.7. The summed E-state index contributed by atoms with van der Waals surface area (Å²) in [6.07, 6.45) is 3.55. The van der Waals surface area contributed by atoms with Crippen molar-refractivity contribution in [2.24, 2.45) is 11.8 Å². The molecule has 0 aliphatic carbocycles. The minimum Gasteiger partial charge on any atom is -0.332 e. The highest BCUT2D eigenvalue weighted by atomic mass is 32.2. The third kappa shape index (κ3) is 3.71. The molecule has 7 heteroatoms. The Hall–Kier alpha value is -1.50. The summed E-state index contributed by atoms with van der Waals surface area (Å²) < 4.78 is 23.0. The van der Waals surface area contributed by atoms with Crippen LogP contribution >= 0.6 is 0 Å². The van der Waals surface area contributed by atoms with Crippen LogP contribution in [0.2, 0.25) is 0 Å². The van der Waals surface area contributed by atoms with E-state index >= 15 is 0 Å². The Morgan fingerprint density at radius 1 is 1.30 bits per heavy atom. The fourth-order valence-corrected chi connectivity index (χ4v) is 4.70. The van der Waals surface area contributed by atoms with Crippen molar-refractivity contribution in [3.8, 4) is 0 Å². The molecule has 1 saturated heterocycles. The third-order valence-electron chi connectivity index (χ3n) is 4.51. The number of amides is 1. The van der Waals surface area contributed by atoms with Crippen LogP contribution in [-0.4, -0.2) is 40.7 Å². The quantitative estimate of drug-likeness (QED) is 0.831. The Morgan fingerprint density at radius 3 is 2.65 bits per heavy atom. The lowest BCUT2D eigenvalue weighted by molar-refractivity contribution is -0.136. The molecule has 2 aliphatic rings. The highest BCUT2D eigenvalue weighted by Gasteiger charge is 2.34. The van der Waals surface area contributed by atoms with Gasteiger partial charge in [-0.15, -0.1) is 0 Å². The van der Waals surface area contributed by atoms with Crippen molar-refractivity contribution in [3.05, 3.63) is 23.3 Å². The van der Waals surface area contributed by atoms with E-state index in [1.165, 1.54) is 0 Å². The van der Waals surface area contributed by atoms with Crippen molar-refractivity contribution in [2.45, 2.75) is 46.2 Å². The van der Waals surface area contributed by atoms with Gasteiger partial charge >= 0.3 is 0 Å². The first-order valence-corrected chi connectivity index (χ1v) is 9.99. The molecule has 0 bridgehead atoms. The van der Waals surface area contributed by atoms with Crippen LogP contribution in [0.15, 0.2) is 6.20 Å². The highest BCUT2D eigenvalue weighted by Crippen LogP contribution is 2.27. The third-order valence-corrected chi connectivity index (χ3v) is 6.23. The van der Waals surface area contributed by atoms with Gasteiger partial charge in [0, 0.05) is 30.6 Å². The van der Waals surface area contributed by atoms with Gasteiger partial charge in [0.25, 0.3) is 0 Å². The molecular formula is C16H23N3O3S. The minimum atomic E-state index is -2.94. The van der Waals surface area contributed by atoms with E-state index in [4.69, 9.17) is 0 Å². The van der Waals surface area contributed by atoms with Crippen LogP contribution in [0, 0.1) is 11.8 Å². The summed E-state index contributed by atoms with van der Waals surface area (Å²) in [6.45, 7) is 5.32. The number of hydrogen-bond acceptors (Lipinski definition) is 5. The zero-order valence-corrected chi connectivity index (χ0v) is 14.5. The molecule has 126 valence electrons. The molecule has 3 heterocycles. The number of nitrogens with zero attached hydrogens (tertiary/aromatic N) is 3. The second-order valence-corrected chi connectivity index (χ2v) is 9.28. The summed E-state index contributed by atoms with van der Waals surface area (Å²) in [4.78, 5) is 23.4. The van der Waals surface area contributed by atoms with Gasteiger partial charge < -0.3 is 4.90 Å². The van der Waals surface area contributed by atoms with Crippen LogP contribution in [-0.2, 0) is 34.1 Å². The summed E-state index contributed by atoms with van der Waals surface area (Å²) in [7, 11) is -2.94. The molecule has 0 unspecified atom stereocenters. The molecule has 23 heavy (non-hydrogen) atoms. The second-order valence-electron chi connectivity index (χ2n) is 6.98. The Morgan fingerprint density at radius 2 is 2.00 bits per heavy atom. The molecule has 1 amide bonds. The molecule has 0 saturated carbocycles. The van der Waals surface area contributed by atoms with Crippen molar-refractivity contribution in [3.63, 3.8) is 0 Å². The van der Waals surface area contributed by atoms with Crippen molar-refractivity contribution < 1.29 is 13.2 Å². The van der Waals surface area contributed by atoms with Crippen LogP contribution in [0.3, 0.4) is 0 Å². The van der Waals surface area contributed by atoms with E-state index < -0.39 is 9.84 Å². The predicted molar refractivity (Wildman–Crippen MR) is 86.2 cm³/mol. The molecule has 6 nitrogen and oxygen atoms in total. The van der Waals surface area contributed by atoms with Crippen LogP contribution in [0.25, 0.3) is 0 Å². The van der Waals surface area contributed by atoms with Gasteiger partial charge in [-0.2, -0.15) is 0 Å². The summed E-state index contributed by atoms with van der Waals surface area (Å²) >= 11 is 0. The largest absolute Gasteiger partial charge is 0.332 e. The Kier molecular flexibility index (Phi) is 4.40. The van der Waals surface area contributed by atoms with Gasteiger partial charge in [-0.25, -0.2) is 18.4 Å². The number of hydrogen-bond donors (Lipinski definition) is 0. The summed E-state index contributed by atoms with van der Waals surface area (Å²) in [5.74, 6) is 1.47. The number of rotatable bonds is 3. The van der Waals surface area contributed by atoms with Crippen LogP contribution in [0.4, 0.5) is 0 Å². The van der Waals surface area contributed by atoms with Crippen molar-refractivity contribution >= 4 is 15.7 Å². The average Bonchev–Trinajstić information content (AvgIpc) is 2.89. The molecule has 0 radical (unpaired) electrons. The standard InChI is InChI=1S/C16H23N3O3S/c1-11(2)7-15-17-8-13-9-19(10-14(13)18-15)16(20)12-3-5-23(21,22)6-4-12/h8,11-12H,3-7,9-10H2,1-2H3. The van der Waals surface area contributed by atoms with Crippen LogP contribution < -0.4 is 0 Å². The van der Waals surface area contributed by atoms with Crippen molar-refractivity contribution in [1.29, 1.82) is 0 Å². The van der Waals surface area contributed by atoms with E-state index in [9.17, 15) is 13.2 Å². The van der Waals surface area contributed by atoms with Gasteiger partial charge in [0.05, 0.1) is 23.7 Å². The molecule has 1 fully saturated rings. The maximum Gasteiger partial charge on any atom is 0.226 e. The monoisotopic (exact) mass is 337 g/mol. The second kappa shape index (κ2) is 6.19. The molecule has 3 rings (SSSR count). The molecular weight excluding hydrogens is 314 g/mol. The van der Waals surface area contributed by atoms with Crippen molar-refractivity contribution in [1.82, 2.24) is 14.9 Å². The van der Waals surface area contributed by atoms with Gasteiger partial charge in [-0.3, -0.25) is 4.79 Å². The highest BCUT2D eigenvalue weighted by molar-refractivity contribution is 7.91. The zero-order valence-electron chi connectivity index (χ0n) is 13.7. The first kappa shape index (κ1) is 16.4. The van der Waals surface area contributed by atoms with Gasteiger partial charge in [0.2, 0.25) is 5.91 Å².